The second-order valence-electron chi connectivity index (χ2n) is 3.28. The molecule has 0 saturated carbocycles. The molecule has 0 fully saturated rings. The van der Waals surface area contributed by atoms with Crippen molar-refractivity contribution >= 4 is 11.9 Å². The van der Waals surface area contributed by atoms with Gasteiger partial charge in [0.05, 0.1) is 13.2 Å². The van der Waals surface area contributed by atoms with E-state index in [9.17, 15) is 9.59 Å². The van der Waals surface area contributed by atoms with Crippen LogP contribution in [0.1, 0.15) is 33.1 Å². The zero-order valence-electron chi connectivity index (χ0n) is 10.4. The minimum atomic E-state index is -0.657. The van der Waals surface area contributed by atoms with Crippen LogP contribution in [0.3, 0.4) is 0 Å². The molecule has 0 aliphatic rings. The van der Waals surface area contributed by atoms with E-state index in [1.54, 1.807) is 13.8 Å². The van der Waals surface area contributed by atoms with Crippen LogP contribution < -0.4 is 0 Å². The SMILES string of the molecule is CCOC(=O)C(=CCCCCO)C(=O)OCC. The highest BCUT2D eigenvalue weighted by Gasteiger charge is 2.20. The summed E-state index contributed by atoms with van der Waals surface area (Å²) < 4.78 is 9.54. The highest BCUT2D eigenvalue weighted by atomic mass is 16.6. The minimum absolute atomic E-state index is 0.0633. The van der Waals surface area contributed by atoms with Crippen LogP contribution in [0.15, 0.2) is 11.6 Å². The van der Waals surface area contributed by atoms with E-state index in [-0.39, 0.29) is 25.4 Å². The normalized spacial score (nSPS) is 9.59. The number of hydrogen-bond acceptors (Lipinski definition) is 5. The van der Waals surface area contributed by atoms with Gasteiger partial charge >= 0.3 is 11.9 Å². The minimum Gasteiger partial charge on any atom is -0.462 e. The Morgan fingerprint density at radius 1 is 1.06 bits per heavy atom. The van der Waals surface area contributed by atoms with Crippen LogP contribution in [0.5, 0.6) is 0 Å². The lowest BCUT2D eigenvalue weighted by Gasteiger charge is -2.06. The number of ether oxygens (including phenoxy) is 2. The predicted molar refractivity (Wildman–Crippen MR) is 62.3 cm³/mol. The van der Waals surface area contributed by atoms with E-state index in [1.807, 2.05) is 0 Å². The summed E-state index contributed by atoms with van der Waals surface area (Å²) in [5.74, 6) is -1.31. The maximum atomic E-state index is 11.5. The molecule has 5 heteroatoms. The molecule has 0 rings (SSSR count). The monoisotopic (exact) mass is 244 g/mol. The standard InChI is InChI=1S/C12H20O5/c1-3-16-11(14)10(12(15)17-4-2)8-6-5-7-9-13/h8,13H,3-7,9H2,1-2H3. The lowest BCUT2D eigenvalue weighted by Crippen LogP contribution is -2.18. The highest BCUT2D eigenvalue weighted by molar-refractivity contribution is 6.14. The van der Waals surface area contributed by atoms with Crippen molar-refractivity contribution in [2.45, 2.75) is 33.1 Å². The zero-order chi connectivity index (χ0) is 13.1. The topological polar surface area (TPSA) is 72.8 Å². The molecule has 0 aromatic carbocycles. The van der Waals surface area contributed by atoms with E-state index in [2.05, 4.69) is 0 Å². The fourth-order valence-electron chi connectivity index (χ4n) is 1.17. The molecule has 0 aliphatic carbocycles. The van der Waals surface area contributed by atoms with E-state index < -0.39 is 11.9 Å². The Morgan fingerprint density at radius 2 is 1.59 bits per heavy atom. The fraction of sp³-hybridized carbons (Fsp3) is 0.667. The average molecular weight is 244 g/mol. The first kappa shape index (κ1) is 15.6. The molecule has 17 heavy (non-hydrogen) atoms. The van der Waals surface area contributed by atoms with Gasteiger partial charge in [0.2, 0.25) is 0 Å². The second kappa shape index (κ2) is 9.84. The molecule has 0 aromatic rings. The maximum absolute atomic E-state index is 11.5. The molecule has 0 saturated heterocycles. The Labute approximate surface area is 101 Å². The van der Waals surface area contributed by atoms with Crippen LogP contribution in [0.2, 0.25) is 0 Å². The van der Waals surface area contributed by atoms with E-state index in [4.69, 9.17) is 14.6 Å². The largest absolute Gasteiger partial charge is 0.462 e. The molecule has 0 bridgehead atoms. The van der Waals surface area contributed by atoms with Gasteiger partial charge in [0.25, 0.3) is 0 Å². The van der Waals surface area contributed by atoms with Gasteiger partial charge in [0, 0.05) is 6.61 Å². The number of esters is 2. The third-order valence-corrected chi connectivity index (χ3v) is 1.95. The van der Waals surface area contributed by atoms with E-state index in [1.165, 1.54) is 6.08 Å². The third-order valence-electron chi connectivity index (χ3n) is 1.95. The van der Waals surface area contributed by atoms with Crippen molar-refractivity contribution in [3.05, 3.63) is 11.6 Å². The Balaban J connectivity index is 4.48. The van der Waals surface area contributed by atoms with Gasteiger partial charge in [-0.3, -0.25) is 0 Å². The van der Waals surface area contributed by atoms with Crippen LogP contribution in [-0.4, -0.2) is 36.9 Å². The van der Waals surface area contributed by atoms with Crippen molar-refractivity contribution in [2.24, 2.45) is 0 Å². The number of aliphatic hydroxyl groups excluding tert-OH is 1. The molecule has 0 atom stereocenters. The lowest BCUT2D eigenvalue weighted by atomic mass is 10.1. The van der Waals surface area contributed by atoms with Crippen molar-refractivity contribution in [1.29, 1.82) is 0 Å². The number of aliphatic hydroxyl groups is 1. The first-order valence-electron chi connectivity index (χ1n) is 5.82. The summed E-state index contributed by atoms with van der Waals surface area (Å²) in [7, 11) is 0. The maximum Gasteiger partial charge on any atom is 0.345 e. The quantitative estimate of drug-likeness (QED) is 0.228. The van der Waals surface area contributed by atoms with Crippen molar-refractivity contribution in [2.75, 3.05) is 19.8 Å². The third kappa shape index (κ3) is 6.73. The fourth-order valence-corrected chi connectivity index (χ4v) is 1.17. The Morgan fingerprint density at radius 3 is 2.00 bits per heavy atom. The van der Waals surface area contributed by atoms with E-state index in [0.717, 1.165) is 0 Å². The number of rotatable bonds is 8. The van der Waals surface area contributed by atoms with Crippen molar-refractivity contribution in [3.8, 4) is 0 Å². The van der Waals surface area contributed by atoms with Gasteiger partial charge < -0.3 is 14.6 Å². The molecule has 0 aromatic heterocycles. The summed E-state index contributed by atoms with van der Waals surface area (Å²) in [5, 5.41) is 8.61. The molecule has 5 nitrogen and oxygen atoms in total. The lowest BCUT2D eigenvalue weighted by molar-refractivity contribution is -0.146. The van der Waals surface area contributed by atoms with Crippen LogP contribution >= 0.6 is 0 Å². The molecule has 98 valence electrons. The van der Waals surface area contributed by atoms with Gasteiger partial charge in [-0.2, -0.15) is 0 Å². The van der Waals surface area contributed by atoms with Crippen molar-refractivity contribution < 1.29 is 24.2 Å². The van der Waals surface area contributed by atoms with Crippen LogP contribution in [0, 0.1) is 0 Å². The second-order valence-corrected chi connectivity index (χ2v) is 3.28. The highest BCUT2D eigenvalue weighted by Crippen LogP contribution is 2.06. The molecule has 0 unspecified atom stereocenters. The summed E-state index contributed by atoms with van der Waals surface area (Å²) in [5.41, 5.74) is -0.0633. The molecular formula is C12H20O5. The summed E-state index contributed by atoms with van der Waals surface area (Å²) >= 11 is 0. The Kier molecular flexibility index (Phi) is 9.05. The van der Waals surface area contributed by atoms with Crippen LogP contribution in [0.4, 0.5) is 0 Å². The smallest absolute Gasteiger partial charge is 0.345 e. The summed E-state index contributed by atoms with van der Waals surface area (Å²) in [6.07, 6.45) is 3.38. The molecule has 0 amide bonds. The number of carbonyl (C=O) groups is 2. The zero-order valence-corrected chi connectivity index (χ0v) is 10.4. The molecule has 0 radical (unpaired) electrons. The summed E-state index contributed by atoms with van der Waals surface area (Å²) in [4.78, 5) is 23.0. The van der Waals surface area contributed by atoms with E-state index in [0.29, 0.717) is 19.3 Å². The van der Waals surface area contributed by atoms with E-state index >= 15 is 0 Å². The van der Waals surface area contributed by atoms with Gasteiger partial charge in [0.15, 0.2) is 0 Å². The van der Waals surface area contributed by atoms with Gasteiger partial charge in [-0.1, -0.05) is 6.08 Å². The first-order valence-corrected chi connectivity index (χ1v) is 5.82. The summed E-state index contributed by atoms with van der Waals surface area (Å²) in [6.45, 7) is 3.87. The molecular weight excluding hydrogens is 224 g/mol. The van der Waals surface area contributed by atoms with Gasteiger partial charge in [-0.25, -0.2) is 9.59 Å². The van der Waals surface area contributed by atoms with Crippen LogP contribution in [0.25, 0.3) is 0 Å². The average Bonchev–Trinajstić information content (AvgIpc) is 2.29. The van der Waals surface area contributed by atoms with Crippen molar-refractivity contribution in [1.82, 2.24) is 0 Å². The van der Waals surface area contributed by atoms with Gasteiger partial charge in [-0.05, 0) is 33.1 Å². The number of allylic oxidation sites excluding steroid dienone is 1. The molecule has 0 heterocycles. The van der Waals surface area contributed by atoms with Crippen LogP contribution in [-0.2, 0) is 19.1 Å². The molecule has 0 aliphatic heterocycles. The van der Waals surface area contributed by atoms with Gasteiger partial charge in [-0.15, -0.1) is 0 Å². The molecule has 1 N–H and O–H groups in total. The number of hydrogen-bond donors (Lipinski definition) is 1. The Hall–Kier alpha value is -1.36. The van der Waals surface area contributed by atoms with Gasteiger partial charge in [0.1, 0.15) is 5.57 Å². The number of unbranched alkanes of at least 4 members (excludes halogenated alkanes) is 2. The molecule has 0 spiro atoms. The summed E-state index contributed by atoms with van der Waals surface area (Å²) in [6, 6.07) is 0. The van der Waals surface area contributed by atoms with Crippen molar-refractivity contribution in [3.63, 3.8) is 0 Å². The first-order chi connectivity index (χ1) is 8.17. The predicted octanol–water partition coefficient (Wildman–Crippen LogP) is 1.20. The Bertz CT molecular complexity index is 250. The number of carbonyl (C=O) groups excluding carboxylic acids is 2.